The van der Waals surface area contributed by atoms with Crippen LogP contribution in [-0.4, -0.2) is 23.2 Å². The van der Waals surface area contributed by atoms with E-state index >= 15 is 0 Å². The molecule has 0 aliphatic carbocycles. The largest absolute Gasteiger partial charge is 0.465 e. The predicted molar refractivity (Wildman–Crippen MR) is 161 cm³/mol. The van der Waals surface area contributed by atoms with Gasteiger partial charge in [-0.1, -0.05) is 35.9 Å². The van der Waals surface area contributed by atoms with E-state index in [1.54, 1.807) is 18.3 Å². The van der Waals surface area contributed by atoms with E-state index in [4.69, 9.17) is 26.1 Å². The fraction of sp³-hybridized carbons (Fsp3) is 0.121. The summed E-state index contributed by atoms with van der Waals surface area (Å²) < 4.78 is 17.3. The molecule has 6 rings (SSSR count). The first-order valence-corrected chi connectivity index (χ1v) is 13.5. The highest BCUT2D eigenvalue weighted by Gasteiger charge is 2.42. The van der Waals surface area contributed by atoms with Gasteiger partial charge in [-0.2, -0.15) is 0 Å². The van der Waals surface area contributed by atoms with Crippen LogP contribution in [0.5, 0.6) is 11.5 Å². The molecular formula is C33H27N3O4S. The topological polar surface area (TPSA) is 76.8 Å². The third-order valence-corrected chi connectivity index (χ3v) is 7.29. The summed E-state index contributed by atoms with van der Waals surface area (Å²) in [5.74, 6) is 2.52. The fourth-order valence-corrected chi connectivity index (χ4v) is 5.24. The number of carbonyl (C=O) groups is 1. The van der Waals surface area contributed by atoms with Crippen molar-refractivity contribution < 1.29 is 18.7 Å². The zero-order valence-corrected chi connectivity index (χ0v) is 23.3. The zero-order valence-electron chi connectivity index (χ0n) is 22.5. The molecule has 2 atom stereocenters. The minimum Gasteiger partial charge on any atom is -0.465 e. The molecule has 1 fully saturated rings. The van der Waals surface area contributed by atoms with Gasteiger partial charge in [0.25, 0.3) is 0 Å². The molecule has 1 aliphatic rings. The van der Waals surface area contributed by atoms with Crippen molar-refractivity contribution in [3.63, 3.8) is 0 Å². The van der Waals surface area contributed by atoms with Gasteiger partial charge in [-0.3, -0.25) is 4.98 Å². The van der Waals surface area contributed by atoms with Crippen molar-refractivity contribution >= 4 is 29.0 Å². The predicted octanol–water partition coefficient (Wildman–Crippen LogP) is 7.41. The summed E-state index contributed by atoms with van der Waals surface area (Å²) in [4.78, 5) is 18.5. The van der Waals surface area contributed by atoms with Gasteiger partial charge in [0.1, 0.15) is 29.1 Å². The van der Waals surface area contributed by atoms with Crippen molar-refractivity contribution in [3.05, 3.63) is 132 Å². The van der Waals surface area contributed by atoms with Gasteiger partial charge in [0.15, 0.2) is 5.11 Å². The number of thiocarbonyl (C=S) groups is 1. The molecule has 0 bridgehead atoms. The lowest BCUT2D eigenvalue weighted by Gasteiger charge is -2.26. The van der Waals surface area contributed by atoms with Crippen LogP contribution in [0.3, 0.4) is 0 Å². The van der Waals surface area contributed by atoms with Crippen LogP contribution in [0.15, 0.2) is 114 Å². The summed E-state index contributed by atoms with van der Waals surface area (Å²) in [5.41, 5.74) is 4.24. The van der Waals surface area contributed by atoms with E-state index in [-0.39, 0.29) is 18.1 Å². The van der Waals surface area contributed by atoms with Crippen molar-refractivity contribution in [2.45, 2.75) is 19.0 Å². The molecule has 2 unspecified atom stereocenters. The highest BCUT2D eigenvalue weighted by Crippen LogP contribution is 2.43. The second-order valence-electron chi connectivity index (χ2n) is 9.68. The Balaban J connectivity index is 1.32. The van der Waals surface area contributed by atoms with Crippen molar-refractivity contribution in [2.75, 3.05) is 12.0 Å². The van der Waals surface area contributed by atoms with Crippen LogP contribution in [-0.2, 0) is 4.74 Å². The average molecular weight is 562 g/mol. The molecule has 0 spiro atoms. The number of nitrogens with one attached hydrogen (secondary N) is 1. The molecule has 1 aliphatic heterocycles. The fourth-order valence-electron chi connectivity index (χ4n) is 4.89. The van der Waals surface area contributed by atoms with Crippen molar-refractivity contribution in [1.82, 2.24) is 10.3 Å². The van der Waals surface area contributed by atoms with Gasteiger partial charge < -0.3 is 24.1 Å². The number of aryl methyl sites for hydroxylation is 1. The summed E-state index contributed by atoms with van der Waals surface area (Å²) in [5, 5.41) is 4.02. The standard InChI is InChI=1S/C33H27N3O4S/c1-21-6-14-25(15-7-21)39-26-16-12-24(13-17-26)36-31(30(35-33(36)41)27-5-3-4-20-34-27)29-19-18-28(40-29)22-8-10-23(11-9-22)32(37)38-2/h3-20,30-31H,1-2H3,(H,35,41). The van der Waals surface area contributed by atoms with Crippen LogP contribution >= 0.6 is 12.2 Å². The number of furan rings is 1. The summed E-state index contributed by atoms with van der Waals surface area (Å²) in [6, 6.07) is 32.1. The van der Waals surface area contributed by atoms with Gasteiger partial charge in [-0.25, -0.2) is 4.79 Å². The van der Waals surface area contributed by atoms with E-state index in [9.17, 15) is 4.79 Å². The van der Waals surface area contributed by atoms with Crippen molar-refractivity contribution in [2.24, 2.45) is 0 Å². The number of ether oxygens (including phenoxy) is 2. The zero-order chi connectivity index (χ0) is 28.3. The first-order valence-electron chi connectivity index (χ1n) is 13.1. The molecule has 7 nitrogen and oxygen atoms in total. The Kier molecular flexibility index (Phi) is 7.22. The Morgan fingerprint density at radius 1 is 0.902 bits per heavy atom. The second-order valence-corrected chi connectivity index (χ2v) is 10.1. The molecule has 1 N–H and O–H groups in total. The van der Waals surface area contributed by atoms with E-state index in [1.807, 2.05) is 103 Å². The Morgan fingerprint density at radius 3 is 2.27 bits per heavy atom. The molecule has 5 aromatic rings. The molecule has 1 saturated heterocycles. The van der Waals surface area contributed by atoms with Gasteiger partial charge in [0.2, 0.25) is 0 Å². The number of hydrogen-bond donors (Lipinski definition) is 1. The number of nitrogens with zero attached hydrogens (tertiary/aromatic N) is 2. The lowest BCUT2D eigenvalue weighted by molar-refractivity contribution is 0.0600. The monoisotopic (exact) mass is 561 g/mol. The van der Waals surface area contributed by atoms with Crippen LogP contribution in [0, 0.1) is 6.92 Å². The number of anilines is 1. The Morgan fingerprint density at radius 2 is 1.61 bits per heavy atom. The van der Waals surface area contributed by atoms with Crippen LogP contribution in [0.2, 0.25) is 0 Å². The molecule has 8 heteroatoms. The van der Waals surface area contributed by atoms with Crippen molar-refractivity contribution in [3.8, 4) is 22.8 Å². The van der Waals surface area contributed by atoms with E-state index in [1.165, 1.54) is 12.7 Å². The van der Waals surface area contributed by atoms with Gasteiger partial charge in [0.05, 0.1) is 24.4 Å². The molecule has 2 aromatic heterocycles. The highest BCUT2D eigenvalue weighted by molar-refractivity contribution is 7.80. The minimum absolute atomic E-state index is 0.243. The smallest absolute Gasteiger partial charge is 0.337 e. The third-order valence-electron chi connectivity index (χ3n) is 6.98. The maximum atomic E-state index is 11.9. The summed E-state index contributed by atoms with van der Waals surface area (Å²) in [6.45, 7) is 2.04. The lowest BCUT2D eigenvalue weighted by atomic mass is 10.0. The first-order chi connectivity index (χ1) is 20.0. The molecule has 0 radical (unpaired) electrons. The minimum atomic E-state index is -0.383. The average Bonchev–Trinajstić information content (AvgIpc) is 3.63. The number of hydrogen-bond acceptors (Lipinski definition) is 6. The van der Waals surface area contributed by atoms with Gasteiger partial charge in [-0.05, 0) is 91.9 Å². The number of aromatic nitrogens is 1. The van der Waals surface area contributed by atoms with Crippen molar-refractivity contribution in [1.29, 1.82) is 0 Å². The lowest BCUT2D eigenvalue weighted by Crippen LogP contribution is -2.29. The highest BCUT2D eigenvalue weighted by atomic mass is 32.1. The molecule has 3 aromatic carbocycles. The van der Waals surface area contributed by atoms with E-state index in [0.717, 1.165) is 34.2 Å². The van der Waals surface area contributed by atoms with E-state index in [0.29, 0.717) is 16.4 Å². The van der Waals surface area contributed by atoms with Gasteiger partial charge in [0, 0.05) is 17.4 Å². The molecule has 204 valence electrons. The normalized spacial score (nSPS) is 16.3. The number of esters is 1. The van der Waals surface area contributed by atoms with Crippen LogP contribution in [0.1, 0.15) is 39.5 Å². The third kappa shape index (κ3) is 5.42. The Hall–Kier alpha value is -4.95. The Bertz CT molecular complexity index is 1670. The maximum Gasteiger partial charge on any atom is 0.337 e. The van der Waals surface area contributed by atoms with Crippen LogP contribution in [0.25, 0.3) is 11.3 Å². The summed E-state index contributed by atoms with van der Waals surface area (Å²) in [6.07, 6.45) is 1.77. The van der Waals surface area contributed by atoms with Crippen LogP contribution < -0.4 is 15.0 Å². The SMILES string of the molecule is COC(=O)c1ccc(-c2ccc(C3C(c4ccccn4)NC(=S)N3c3ccc(Oc4ccc(C)cc4)cc3)o2)cc1. The second kappa shape index (κ2) is 11.3. The molecule has 41 heavy (non-hydrogen) atoms. The number of carbonyl (C=O) groups excluding carboxylic acids is 1. The number of methoxy groups -OCH3 is 1. The summed E-state index contributed by atoms with van der Waals surface area (Å²) >= 11 is 5.85. The van der Waals surface area contributed by atoms with Gasteiger partial charge in [-0.15, -0.1) is 0 Å². The number of benzene rings is 3. The van der Waals surface area contributed by atoms with E-state index < -0.39 is 0 Å². The Labute approximate surface area is 243 Å². The molecule has 0 saturated carbocycles. The quantitative estimate of drug-likeness (QED) is 0.163. The molecular weight excluding hydrogens is 534 g/mol. The van der Waals surface area contributed by atoms with Crippen LogP contribution in [0.4, 0.5) is 5.69 Å². The molecule has 3 heterocycles. The van der Waals surface area contributed by atoms with Gasteiger partial charge >= 0.3 is 5.97 Å². The summed E-state index contributed by atoms with van der Waals surface area (Å²) in [7, 11) is 1.36. The van der Waals surface area contributed by atoms with E-state index in [2.05, 4.69) is 10.3 Å². The maximum absolute atomic E-state index is 11.9. The first kappa shape index (κ1) is 26.3. The molecule has 0 amide bonds. The number of rotatable bonds is 7. The number of pyridine rings is 1.